The normalized spacial score (nSPS) is 14.9. The third-order valence-electron chi connectivity index (χ3n) is 19.5. The van der Waals surface area contributed by atoms with Crippen LogP contribution in [-0.4, -0.2) is 181 Å². The zero-order chi connectivity index (χ0) is 87.0. The lowest BCUT2D eigenvalue weighted by Gasteiger charge is -2.32. The van der Waals surface area contributed by atoms with Gasteiger partial charge in [-0.15, -0.1) is 0 Å². The summed E-state index contributed by atoms with van der Waals surface area (Å²) in [5.41, 5.74) is 0.833. The molecule has 37 heteroatoms. The molecular weight excluding hydrogens is 1560 g/mol. The number of halogens is 10. The van der Waals surface area contributed by atoms with Gasteiger partial charge in [-0.25, -0.2) is 63.8 Å². The number of alkyl halides is 1. The highest BCUT2D eigenvalue weighted by atomic mass is 19.2. The van der Waals surface area contributed by atoms with Gasteiger partial charge < -0.3 is 79.1 Å². The summed E-state index contributed by atoms with van der Waals surface area (Å²) in [4.78, 5) is 108. The van der Waals surface area contributed by atoms with Gasteiger partial charge in [0.1, 0.15) is 53.9 Å². The van der Waals surface area contributed by atoms with Crippen LogP contribution in [0.5, 0.6) is 0 Å². The number of carbonyl (C=O) groups is 7. The summed E-state index contributed by atoms with van der Waals surface area (Å²) >= 11 is 0. The minimum Gasteiger partial charge on any atom is -0.394 e. The molecule has 0 spiro atoms. The van der Waals surface area contributed by atoms with Crippen LogP contribution in [0, 0.1) is 74.0 Å². The molecule has 0 bridgehead atoms. The Balaban J connectivity index is 0.000000180. The Kier molecular flexibility index (Phi) is 29.2. The number of ether oxygens (including phenoxy) is 4. The molecule has 4 aliphatic heterocycles. The van der Waals surface area contributed by atoms with Gasteiger partial charge in [0.2, 0.25) is 17.7 Å². The average Bonchev–Trinajstić information content (AvgIpc) is 1.63. The highest BCUT2D eigenvalue weighted by Crippen LogP contribution is 2.35. The molecule has 638 valence electrons. The van der Waals surface area contributed by atoms with Crippen LogP contribution in [0.3, 0.4) is 0 Å². The van der Waals surface area contributed by atoms with Crippen LogP contribution in [0.25, 0.3) is 45.6 Å². The van der Waals surface area contributed by atoms with Crippen LogP contribution in [0.15, 0.2) is 66.7 Å². The van der Waals surface area contributed by atoms with Crippen LogP contribution >= 0.6 is 0 Å². The third-order valence-corrected chi connectivity index (χ3v) is 19.5. The zero-order valence-corrected chi connectivity index (χ0v) is 68.0. The standard InChI is InChI=1S/C21H25F3N4O3.C21H26F2N4O3.C20H23F3N4O3.C19H23F2N3O3/c1-21(2,3)17(20(30)25-7-6-22)27-19(29)16-15-11-31-9-8-28(15)18(26-16)12-4-5-13(23)14(24)10-12;1-21(2,3)17(20(29)26(4)5)25-19(28)16-15-11-30-9-8-27(15)18(24-16)12-6-7-13(22)14(23)10-12;1-20(2,3)16(19(29)24-4)26-18(28)15-14-9-30-6-5-27(14)17(25-15)10-7-12(22)13(23)8-11(10)21;1-19(2,3)15(9-25)22-18(26)16-14-10-27-7-6-24(14)17(23-16)11-4-5-12(20)13(21)8-11/h4-5,10,17H,6-9,11H2,1-3H3,(H,25,30)(H,27,29);6-7,10,17H,8-9,11H2,1-5H3,(H,25,28);7-8,16H,5-6,9H2,1-4H3,(H,24,29)(H,26,28);4-5,8,15,25H,6-7,9-10H2,1-3H3,(H,22,26)/t2*17-;16-;15-/m1111/s1. The number of nitrogens with one attached hydrogen (secondary N) is 6. The maximum absolute atomic E-state index is 14.4. The molecule has 0 saturated heterocycles. The lowest BCUT2D eigenvalue weighted by atomic mass is 9.85. The van der Waals surface area contributed by atoms with Gasteiger partial charge in [0.15, 0.2) is 69.3 Å². The molecule has 8 heterocycles. The predicted octanol–water partition coefficient (Wildman–Crippen LogP) is 10.1. The van der Waals surface area contributed by atoms with Gasteiger partial charge in [-0.3, -0.25) is 33.6 Å². The number of fused-ring (bicyclic) bond motifs is 4. The predicted molar refractivity (Wildman–Crippen MR) is 411 cm³/mol. The van der Waals surface area contributed by atoms with E-state index in [4.69, 9.17) is 18.9 Å². The van der Waals surface area contributed by atoms with Gasteiger partial charge in [-0.05, 0) is 82.3 Å². The van der Waals surface area contributed by atoms with Crippen molar-refractivity contribution in [2.24, 2.45) is 21.7 Å². The van der Waals surface area contributed by atoms with E-state index in [0.29, 0.717) is 109 Å². The van der Waals surface area contributed by atoms with E-state index in [1.165, 1.54) is 30.1 Å². The minimum absolute atomic E-state index is 0.0119. The summed E-state index contributed by atoms with van der Waals surface area (Å²) in [5.74, 6) is -11.7. The fourth-order valence-electron chi connectivity index (χ4n) is 13.0. The molecular formula is C81H97F10N15O12. The fourth-order valence-corrected chi connectivity index (χ4v) is 13.0. The molecule has 27 nitrogen and oxygen atoms in total. The Morgan fingerprint density at radius 2 is 0.737 bits per heavy atom. The highest BCUT2D eigenvalue weighted by Gasteiger charge is 2.40. The van der Waals surface area contributed by atoms with E-state index in [2.05, 4.69) is 51.8 Å². The number of carbonyl (C=O) groups excluding carboxylic acids is 7. The molecule has 7 N–H and O–H groups in total. The van der Waals surface area contributed by atoms with Gasteiger partial charge in [-0.2, -0.15) is 0 Å². The molecule has 4 aliphatic rings. The van der Waals surface area contributed by atoms with Gasteiger partial charge in [-0.1, -0.05) is 83.1 Å². The first-order chi connectivity index (χ1) is 55.4. The zero-order valence-electron chi connectivity index (χ0n) is 68.0. The molecule has 12 rings (SSSR count). The topological polar surface area (TPSA) is 323 Å². The first-order valence-corrected chi connectivity index (χ1v) is 37.7. The number of amides is 7. The SMILES string of the molecule is CC(C)(C)[C@@H](CO)NC(=O)c1nc(-c2ccc(F)c(F)c2)n2c1COCC2.CC(C)(C)[C@H](NC(=O)c1nc(-c2ccc(F)c(F)c2)n2c1COCC2)C(=O)NCCF.CN(C)C(=O)[C@@H](NC(=O)c1nc(-c2ccc(F)c(F)c2)n2c1COCC2)C(C)(C)C.CNC(=O)[C@@H](NC(=O)c1nc(-c2cc(F)c(F)cc2F)n2c1COCC2)C(C)(C)C. The van der Waals surface area contributed by atoms with Gasteiger partial charge in [0.25, 0.3) is 23.6 Å². The van der Waals surface area contributed by atoms with E-state index in [9.17, 15) is 82.6 Å². The Morgan fingerprint density at radius 3 is 1.05 bits per heavy atom. The highest BCUT2D eigenvalue weighted by molar-refractivity contribution is 6.00. The molecule has 0 radical (unpaired) electrons. The molecule has 4 aromatic heterocycles. The van der Waals surface area contributed by atoms with Crippen molar-refractivity contribution in [3.05, 3.63) is 165 Å². The van der Waals surface area contributed by atoms with E-state index >= 15 is 0 Å². The largest absolute Gasteiger partial charge is 0.394 e. The lowest BCUT2D eigenvalue weighted by molar-refractivity contribution is -0.133. The van der Waals surface area contributed by atoms with E-state index < -0.39 is 129 Å². The van der Waals surface area contributed by atoms with Crippen molar-refractivity contribution in [1.29, 1.82) is 0 Å². The number of aliphatic hydroxyl groups is 1. The summed E-state index contributed by atoms with van der Waals surface area (Å²) in [5, 5.41) is 25.5. The minimum atomic E-state index is -1.32. The monoisotopic (exact) mass is 1660 g/mol. The van der Waals surface area contributed by atoms with E-state index in [0.717, 1.165) is 36.4 Å². The number of hydrogen-bond donors (Lipinski definition) is 7. The maximum atomic E-state index is 14.4. The Labute approximate surface area is 674 Å². The second-order valence-electron chi connectivity index (χ2n) is 32.6. The van der Waals surface area contributed by atoms with Crippen molar-refractivity contribution >= 4 is 41.4 Å². The summed E-state index contributed by atoms with van der Waals surface area (Å²) in [7, 11) is 4.71. The van der Waals surface area contributed by atoms with E-state index in [-0.39, 0.29) is 104 Å². The number of nitrogens with zero attached hydrogens (tertiary/aromatic N) is 9. The number of benzene rings is 4. The van der Waals surface area contributed by atoms with Crippen molar-refractivity contribution in [2.45, 2.75) is 160 Å². The number of rotatable bonds is 18. The quantitative estimate of drug-likeness (QED) is 0.0310. The summed E-state index contributed by atoms with van der Waals surface area (Å²) in [6.45, 7) is 24.4. The van der Waals surface area contributed by atoms with Crippen molar-refractivity contribution in [2.75, 3.05) is 67.4 Å². The molecule has 4 aromatic carbocycles. The van der Waals surface area contributed by atoms with Crippen LogP contribution in [0.2, 0.25) is 0 Å². The molecule has 4 atom stereocenters. The van der Waals surface area contributed by atoms with Crippen molar-refractivity contribution in [3.63, 3.8) is 0 Å². The first kappa shape index (κ1) is 91.0. The van der Waals surface area contributed by atoms with E-state index in [1.807, 2.05) is 41.5 Å². The first-order valence-electron chi connectivity index (χ1n) is 37.7. The molecule has 0 fully saturated rings. The average molecular weight is 1660 g/mol. The van der Waals surface area contributed by atoms with Crippen LogP contribution in [0.1, 0.15) is 148 Å². The maximum Gasteiger partial charge on any atom is 0.272 e. The summed E-state index contributed by atoms with van der Waals surface area (Å²) in [6, 6.07) is 8.52. The van der Waals surface area contributed by atoms with Crippen LogP contribution in [0.4, 0.5) is 43.9 Å². The summed E-state index contributed by atoms with van der Waals surface area (Å²) in [6.07, 6.45) is 0. The van der Waals surface area contributed by atoms with Gasteiger partial charge in [0.05, 0.1) is 93.8 Å². The van der Waals surface area contributed by atoms with Crippen LogP contribution < -0.4 is 31.9 Å². The summed E-state index contributed by atoms with van der Waals surface area (Å²) < 4.78 is 164. The van der Waals surface area contributed by atoms with E-state index in [1.54, 1.807) is 73.9 Å². The van der Waals surface area contributed by atoms with Crippen molar-refractivity contribution < 1.29 is 102 Å². The van der Waals surface area contributed by atoms with Crippen molar-refractivity contribution in [3.8, 4) is 45.6 Å². The number of likely N-dealkylation sites (N-methyl/N-ethyl adjacent to an activating group) is 2. The number of aromatic nitrogens is 8. The van der Waals surface area contributed by atoms with Gasteiger partial charge in [0, 0.05) is 76.6 Å². The molecule has 7 amide bonds. The molecule has 8 aromatic rings. The third kappa shape index (κ3) is 21.1. The number of aliphatic hydroxyl groups excluding tert-OH is 1. The van der Waals surface area contributed by atoms with Crippen LogP contribution in [-0.2, 0) is 85.9 Å². The fraction of sp³-hybridized carbons (Fsp3) is 0.469. The Morgan fingerprint density at radius 1 is 0.424 bits per heavy atom. The van der Waals surface area contributed by atoms with Crippen molar-refractivity contribution in [1.82, 2.24) is 75.0 Å². The number of imidazole rings is 4. The second-order valence-corrected chi connectivity index (χ2v) is 32.6. The van der Waals surface area contributed by atoms with Gasteiger partial charge >= 0.3 is 0 Å². The lowest BCUT2D eigenvalue weighted by Crippen LogP contribution is -2.54. The molecule has 118 heavy (non-hydrogen) atoms. The Bertz CT molecular complexity index is 5050. The Hall–Kier alpha value is -10.9. The molecule has 0 aliphatic carbocycles. The number of hydrogen-bond acceptors (Lipinski definition) is 16. The second kappa shape index (κ2) is 37.8. The molecule has 0 unspecified atom stereocenters. The smallest absolute Gasteiger partial charge is 0.272 e. The molecule has 0 saturated carbocycles.